The van der Waals surface area contributed by atoms with E-state index < -0.39 is 0 Å². The molecule has 0 atom stereocenters. The van der Waals surface area contributed by atoms with Crippen molar-refractivity contribution < 1.29 is 0 Å². The van der Waals surface area contributed by atoms with Crippen molar-refractivity contribution in [1.29, 1.82) is 0 Å². The van der Waals surface area contributed by atoms with Gasteiger partial charge in [-0.3, -0.25) is 9.47 Å². The summed E-state index contributed by atoms with van der Waals surface area (Å²) in [4.78, 5) is 14.8. The molecular weight excluding hydrogens is 300 g/mol. The number of likely N-dealkylation sites (tertiary alicyclic amines) is 1. The van der Waals surface area contributed by atoms with Crippen LogP contribution in [0.4, 0.5) is 0 Å². The fourth-order valence-electron chi connectivity index (χ4n) is 3.83. The highest BCUT2D eigenvalue weighted by atomic mass is 16.2. The van der Waals surface area contributed by atoms with Gasteiger partial charge in [0.1, 0.15) is 5.82 Å². The topological polar surface area (TPSA) is 43.1 Å². The Hall–Kier alpha value is -1.88. The van der Waals surface area contributed by atoms with Crippen molar-refractivity contribution >= 4 is 0 Å². The Morgan fingerprint density at radius 2 is 1.83 bits per heavy atom. The van der Waals surface area contributed by atoms with E-state index in [2.05, 4.69) is 41.2 Å². The first-order valence-corrected chi connectivity index (χ1v) is 9.06. The van der Waals surface area contributed by atoms with Crippen LogP contribution in [0.25, 0.3) is 0 Å². The van der Waals surface area contributed by atoms with Crippen molar-refractivity contribution in [1.82, 2.24) is 19.2 Å². The number of hydrogen-bond donors (Lipinski definition) is 0. The molecule has 1 aliphatic heterocycles. The van der Waals surface area contributed by atoms with E-state index in [0.717, 1.165) is 51.1 Å². The number of hydrogen-bond acceptors (Lipinski definition) is 3. The van der Waals surface area contributed by atoms with Crippen molar-refractivity contribution in [3.05, 3.63) is 51.7 Å². The molecule has 5 nitrogen and oxygen atoms in total. The fourth-order valence-corrected chi connectivity index (χ4v) is 3.83. The number of aromatic nitrogens is 3. The average molecular weight is 326 g/mol. The van der Waals surface area contributed by atoms with E-state index >= 15 is 0 Å². The molecule has 2 heterocycles. The summed E-state index contributed by atoms with van der Waals surface area (Å²) in [5.74, 6) is 1.45. The first kappa shape index (κ1) is 15.6. The van der Waals surface area contributed by atoms with Crippen LogP contribution in [0.2, 0.25) is 0 Å². The van der Waals surface area contributed by atoms with Crippen LogP contribution in [-0.4, -0.2) is 32.3 Å². The number of rotatable bonds is 4. The van der Waals surface area contributed by atoms with Crippen LogP contribution in [0.3, 0.4) is 0 Å². The van der Waals surface area contributed by atoms with Gasteiger partial charge in [-0.2, -0.15) is 5.10 Å². The quantitative estimate of drug-likeness (QED) is 0.867. The standard InChI is InChI=1S/C19H26N4O/c1-14-5-3-4-6-16(14)13-22-11-9-15(10-12-22)18-20-21(2)19(24)23(18)17-7-8-17/h3-6,15,17H,7-13H2,1-2H3. The first-order chi connectivity index (χ1) is 11.6. The summed E-state index contributed by atoms with van der Waals surface area (Å²) in [7, 11) is 1.78. The predicted octanol–water partition coefficient (Wildman–Crippen LogP) is 2.60. The molecule has 1 aromatic carbocycles. The minimum Gasteiger partial charge on any atom is -0.299 e. The molecule has 1 saturated carbocycles. The molecule has 0 unspecified atom stereocenters. The maximum atomic E-state index is 12.3. The number of piperidine rings is 1. The Bertz CT molecular complexity index is 779. The SMILES string of the molecule is Cc1ccccc1CN1CCC(c2nn(C)c(=O)n2C2CC2)CC1. The minimum absolute atomic E-state index is 0.0647. The minimum atomic E-state index is 0.0647. The summed E-state index contributed by atoms with van der Waals surface area (Å²) in [6.07, 6.45) is 4.44. The Kier molecular flexibility index (Phi) is 4.04. The van der Waals surface area contributed by atoms with Crippen LogP contribution in [0.15, 0.2) is 29.1 Å². The molecular formula is C19H26N4O. The first-order valence-electron chi connectivity index (χ1n) is 9.06. The van der Waals surface area contributed by atoms with Crippen molar-refractivity contribution in [2.45, 2.75) is 51.1 Å². The molecule has 0 amide bonds. The molecule has 0 spiro atoms. The van der Waals surface area contributed by atoms with E-state index in [1.807, 2.05) is 4.57 Å². The lowest BCUT2D eigenvalue weighted by Crippen LogP contribution is -2.34. The van der Waals surface area contributed by atoms with Crippen molar-refractivity contribution in [3.63, 3.8) is 0 Å². The molecule has 1 saturated heterocycles. The molecule has 24 heavy (non-hydrogen) atoms. The average Bonchev–Trinajstić information content (AvgIpc) is 3.37. The third kappa shape index (κ3) is 2.93. The highest BCUT2D eigenvalue weighted by molar-refractivity contribution is 5.25. The van der Waals surface area contributed by atoms with E-state index in [-0.39, 0.29) is 5.69 Å². The second-order valence-corrected chi connectivity index (χ2v) is 7.34. The summed E-state index contributed by atoms with van der Waals surface area (Å²) >= 11 is 0. The lowest BCUT2D eigenvalue weighted by atomic mass is 9.95. The largest absolute Gasteiger partial charge is 0.345 e. The van der Waals surface area contributed by atoms with E-state index in [4.69, 9.17) is 0 Å². The molecule has 0 radical (unpaired) electrons. The monoisotopic (exact) mass is 326 g/mol. The van der Waals surface area contributed by atoms with Crippen molar-refractivity contribution in [2.75, 3.05) is 13.1 Å². The van der Waals surface area contributed by atoms with E-state index in [0.29, 0.717) is 12.0 Å². The molecule has 2 fully saturated rings. The van der Waals surface area contributed by atoms with Gasteiger partial charge in [0.15, 0.2) is 0 Å². The summed E-state index contributed by atoms with van der Waals surface area (Å²) in [5.41, 5.74) is 2.85. The van der Waals surface area contributed by atoms with Crippen molar-refractivity contribution in [3.8, 4) is 0 Å². The zero-order chi connectivity index (χ0) is 16.7. The molecule has 1 aromatic heterocycles. The van der Waals surface area contributed by atoms with Gasteiger partial charge in [-0.05, 0) is 56.8 Å². The highest BCUT2D eigenvalue weighted by Crippen LogP contribution is 2.37. The highest BCUT2D eigenvalue weighted by Gasteiger charge is 2.33. The summed E-state index contributed by atoms with van der Waals surface area (Å²) in [6.45, 7) is 5.37. The normalized spacial score (nSPS) is 19.8. The molecule has 2 aliphatic rings. The zero-order valence-corrected chi connectivity index (χ0v) is 14.6. The molecule has 2 aromatic rings. The van der Waals surface area contributed by atoms with Crippen LogP contribution in [0.5, 0.6) is 0 Å². The lowest BCUT2D eigenvalue weighted by molar-refractivity contribution is 0.199. The van der Waals surface area contributed by atoms with Gasteiger partial charge in [-0.15, -0.1) is 0 Å². The van der Waals surface area contributed by atoms with Gasteiger partial charge in [-0.25, -0.2) is 9.48 Å². The van der Waals surface area contributed by atoms with Gasteiger partial charge in [-0.1, -0.05) is 24.3 Å². The van der Waals surface area contributed by atoms with E-state index in [1.54, 1.807) is 7.05 Å². The van der Waals surface area contributed by atoms with Crippen molar-refractivity contribution in [2.24, 2.45) is 7.05 Å². The van der Waals surface area contributed by atoms with Crippen LogP contribution in [-0.2, 0) is 13.6 Å². The number of aryl methyl sites for hydroxylation is 2. The molecule has 128 valence electrons. The third-order valence-electron chi connectivity index (χ3n) is 5.50. The maximum absolute atomic E-state index is 12.3. The molecule has 0 bridgehead atoms. The van der Waals surface area contributed by atoms with Gasteiger partial charge in [0, 0.05) is 25.6 Å². The molecule has 1 aliphatic carbocycles. The summed E-state index contributed by atoms with van der Waals surface area (Å²) < 4.78 is 3.50. The molecule has 5 heteroatoms. The fraction of sp³-hybridized carbons (Fsp3) is 0.579. The smallest absolute Gasteiger partial charge is 0.299 e. The van der Waals surface area contributed by atoms with E-state index in [9.17, 15) is 4.79 Å². The third-order valence-corrected chi connectivity index (χ3v) is 5.50. The Morgan fingerprint density at radius 3 is 2.50 bits per heavy atom. The number of nitrogens with zero attached hydrogens (tertiary/aromatic N) is 4. The number of benzene rings is 1. The van der Waals surface area contributed by atoms with E-state index in [1.165, 1.54) is 15.8 Å². The summed E-state index contributed by atoms with van der Waals surface area (Å²) in [6, 6.07) is 9.04. The van der Waals surface area contributed by atoms with Crippen LogP contribution in [0, 0.1) is 6.92 Å². The van der Waals surface area contributed by atoms with Gasteiger partial charge < -0.3 is 0 Å². The Morgan fingerprint density at radius 1 is 1.12 bits per heavy atom. The van der Waals surface area contributed by atoms with Crippen LogP contribution in [0.1, 0.15) is 54.6 Å². The Balaban J connectivity index is 1.44. The van der Waals surface area contributed by atoms with Gasteiger partial charge in [0.25, 0.3) is 0 Å². The van der Waals surface area contributed by atoms with Gasteiger partial charge in [0.05, 0.1) is 0 Å². The van der Waals surface area contributed by atoms with Gasteiger partial charge in [0.2, 0.25) is 0 Å². The lowest BCUT2D eigenvalue weighted by Gasteiger charge is -2.32. The van der Waals surface area contributed by atoms with Gasteiger partial charge >= 0.3 is 5.69 Å². The van der Waals surface area contributed by atoms with Crippen LogP contribution >= 0.6 is 0 Å². The molecule has 0 N–H and O–H groups in total. The second-order valence-electron chi connectivity index (χ2n) is 7.34. The second kappa shape index (κ2) is 6.20. The summed E-state index contributed by atoms with van der Waals surface area (Å²) in [5, 5.41) is 4.57. The zero-order valence-electron chi connectivity index (χ0n) is 14.6. The maximum Gasteiger partial charge on any atom is 0.345 e. The Labute approximate surface area is 142 Å². The predicted molar refractivity (Wildman–Crippen MR) is 94.2 cm³/mol. The molecule has 4 rings (SSSR count). The van der Waals surface area contributed by atoms with Crippen LogP contribution < -0.4 is 5.69 Å².